The number of aliphatic carboxylic acids is 1. The maximum atomic E-state index is 12.6. The lowest BCUT2D eigenvalue weighted by atomic mass is 9.98. The summed E-state index contributed by atoms with van der Waals surface area (Å²) in [6.45, 7) is 7.47. The maximum absolute atomic E-state index is 12.6. The van der Waals surface area contributed by atoms with Gasteiger partial charge < -0.3 is 19.3 Å². The summed E-state index contributed by atoms with van der Waals surface area (Å²) in [6, 6.07) is 0.929. The fourth-order valence-corrected chi connectivity index (χ4v) is 4.07. The molecule has 0 aliphatic heterocycles. The highest BCUT2D eigenvalue weighted by atomic mass is 32.2. The molecule has 2 N–H and O–H groups in total. The SMILES string of the molecule is CSCC[C@H](NC(=O)Cc1c(C)c2cc3c(C)c(C)oc3c(C)c2oc1=O)C(=O)O. The number of amides is 1. The average Bonchev–Trinajstić information content (AvgIpc) is 2.98. The van der Waals surface area contributed by atoms with E-state index in [1.165, 1.54) is 11.8 Å². The minimum atomic E-state index is -1.09. The number of hydrogen-bond acceptors (Lipinski definition) is 6. The van der Waals surface area contributed by atoms with Gasteiger partial charge in [0.25, 0.3) is 0 Å². The lowest BCUT2D eigenvalue weighted by Gasteiger charge is -2.15. The minimum absolute atomic E-state index is 0.227. The summed E-state index contributed by atoms with van der Waals surface area (Å²) in [5, 5.41) is 13.5. The van der Waals surface area contributed by atoms with Crippen molar-refractivity contribution in [2.24, 2.45) is 0 Å². The molecule has 2 aromatic heterocycles. The van der Waals surface area contributed by atoms with Crippen molar-refractivity contribution in [3.63, 3.8) is 0 Å². The number of carboxylic acids is 1. The van der Waals surface area contributed by atoms with Crippen LogP contribution in [0.15, 0.2) is 19.7 Å². The zero-order valence-electron chi connectivity index (χ0n) is 17.7. The molecule has 8 heteroatoms. The van der Waals surface area contributed by atoms with Crippen molar-refractivity contribution in [3.8, 4) is 0 Å². The number of nitrogens with one attached hydrogen (secondary N) is 1. The number of aryl methyl sites for hydroxylation is 4. The molecule has 0 unspecified atom stereocenters. The number of thioether (sulfide) groups is 1. The molecular weight excluding hydrogens is 406 g/mol. The minimum Gasteiger partial charge on any atom is -0.480 e. The van der Waals surface area contributed by atoms with E-state index in [0.29, 0.717) is 28.9 Å². The number of carbonyl (C=O) groups excluding carboxylic acids is 1. The highest BCUT2D eigenvalue weighted by Gasteiger charge is 2.23. The van der Waals surface area contributed by atoms with Crippen LogP contribution >= 0.6 is 11.8 Å². The van der Waals surface area contributed by atoms with Gasteiger partial charge in [0.1, 0.15) is 23.0 Å². The maximum Gasteiger partial charge on any atom is 0.340 e. The van der Waals surface area contributed by atoms with Crippen LogP contribution in [0.25, 0.3) is 21.9 Å². The van der Waals surface area contributed by atoms with Gasteiger partial charge in [0.15, 0.2) is 0 Å². The van der Waals surface area contributed by atoms with Crippen LogP contribution < -0.4 is 10.9 Å². The average molecular weight is 432 g/mol. The first-order chi connectivity index (χ1) is 14.1. The summed E-state index contributed by atoms with van der Waals surface area (Å²) in [5.74, 6) is -0.213. The van der Waals surface area contributed by atoms with Gasteiger partial charge in [-0.15, -0.1) is 0 Å². The highest BCUT2D eigenvalue weighted by Crippen LogP contribution is 2.34. The third kappa shape index (κ3) is 3.96. The molecule has 0 saturated carbocycles. The number of hydrogen-bond donors (Lipinski definition) is 2. The summed E-state index contributed by atoms with van der Waals surface area (Å²) < 4.78 is 11.4. The predicted octanol–water partition coefficient (Wildman–Crippen LogP) is 3.64. The van der Waals surface area contributed by atoms with Crippen molar-refractivity contribution >= 4 is 45.6 Å². The van der Waals surface area contributed by atoms with E-state index in [1.807, 2.05) is 33.1 Å². The Bertz CT molecular complexity index is 1210. The standard InChI is InChI=1S/C22H25NO6S/c1-10-13(4)28-19-12(3)20-15(8-14(10)19)11(2)16(22(27)29-20)9-18(24)23-17(21(25)26)6-7-30-5/h8,17H,6-7,9H2,1-5H3,(H,23,24)(H,25,26)/t17-/m0/s1. The van der Waals surface area contributed by atoms with Crippen molar-refractivity contribution in [2.45, 2.75) is 46.6 Å². The van der Waals surface area contributed by atoms with E-state index >= 15 is 0 Å². The quantitative estimate of drug-likeness (QED) is 0.550. The lowest BCUT2D eigenvalue weighted by Crippen LogP contribution is -2.42. The molecule has 0 spiro atoms. The molecular formula is C22H25NO6S. The van der Waals surface area contributed by atoms with Crippen LogP contribution in [-0.4, -0.2) is 35.0 Å². The second-order valence-electron chi connectivity index (χ2n) is 7.45. The number of carboxylic acid groups (broad SMARTS) is 1. The summed E-state index contributed by atoms with van der Waals surface area (Å²) in [4.78, 5) is 36.5. The van der Waals surface area contributed by atoms with Crippen LogP contribution in [0.3, 0.4) is 0 Å². The fraction of sp³-hybridized carbons (Fsp3) is 0.409. The van der Waals surface area contributed by atoms with Crippen molar-refractivity contribution in [2.75, 3.05) is 12.0 Å². The third-order valence-corrected chi connectivity index (χ3v) is 6.17. The molecule has 3 aromatic rings. The summed E-state index contributed by atoms with van der Waals surface area (Å²) >= 11 is 1.50. The van der Waals surface area contributed by atoms with Crippen LogP contribution in [-0.2, 0) is 16.0 Å². The van der Waals surface area contributed by atoms with Crippen LogP contribution in [0.4, 0.5) is 0 Å². The van der Waals surface area contributed by atoms with Crippen molar-refractivity contribution in [3.05, 3.63) is 44.5 Å². The zero-order chi connectivity index (χ0) is 22.2. The smallest absolute Gasteiger partial charge is 0.340 e. The fourth-order valence-electron chi connectivity index (χ4n) is 3.60. The van der Waals surface area contributed by atoms with Gasteiger partial charge >= 0.3 is 11.6 Å². The van der Waals surface area contributed by atoms with Gasteiger partial charge in [0.05, 0.1) is 12.0 Å². The van der Waals surface area contributed by atoms with E-state index in [4.69, 9.17) is 8.83 Å². The molecule has 2 heterocycles. The van der Waals surface area contributed by atoms with E-state index in [2.05, 4.69) is 5.32 Å². The Labute approximate surface area is 177 Å². The molecule has 1 atom stereocenters. The molecule has 1 amide bonds. The Balaban J connectivity index is 2.01. The Morgan fingerprint density at radius 3 is 2.33 bits per heavy atom. The topological polar surface area (TPSA) is 110 Å². The molecule has 0 saturated heterocycles. The largest absolute Gasteiger partial charge is 0.480 e. The molecule has 1 aromatic carbocycles. The monoisotopic (exact) mass is 431 g/mol. The number of fused-ring (bicyclic) bond motifs is 2. The molecule has 160 valence electrons. The van der Waals surface area contributed by atoms with E-state index in [-0.39, 0.29) is 12.0 Å². The molecule has 0 radical (unpaired) electrons. The molecule has 7 nitrogen and oxygen atoms in total. The second kappa shape index (κ2) is 8.55. The Morgan fingerprint density at radius 1 is 1.07 bits per heavy atom. The van der Waals surface area contributed by atoms with Gasteiger partial charge in [0, 0.05) is 16.3 Å². The normalized spacial score (nSPS) is 12.4. The molecule has 30 heavy (non-hydrogen) atoms. The number of rotatable bonds is 7. The lowest BCUT2D eigenvalue weighted by molar-refractivity contribution is -0.141. The first kappa shape index (κ1) is 22.0. The molecule has 0 fully saturated rings. The third-order valence-electron chi connectivity index (χ3n) is 5.53. The van der Waals surface area contributed by atoms with Gasteiger partial charge in [-0.05, 0) is 63.3 Å². The number of furan rings is 1. The first-order valence-corrected chi connectivity index (χ1v) is 11.0. The number of carbonyl (C=O) groups is 2. The molecule has 0 aliphatic carbocycles. The van der Waals surface area contributed by atoms with E-state index in [9.17, 15) is 19.5 Å². The van der Waals surface area contributed by atoms with Crippen LogP contribution in [0.2, 0.25) is 0 Å². The van der Waals surface area contributed by atoms with Crippen LogP contribution in [0, 0.1) is 27.7 Å². The van der Waals surface area contributed by atoms with Gasteiger partial charge in [-0.25, -0.2) is 9.59 Å². The molecule has 3 rings (SSSR count). The van der Waals surface area contributed by atoms with E-state index in [0.717, 1.165) is 27.7 Å². The molecule has 0 aliphatic rings. The summed E-state index contributed by atoms with van der Waals surface area (Å²) in [6.07, 6.45) is 1.93. The van der Waals surface area contributed by atoms with Crippen molar-refractivity contribution in [1.82, 2.24) is 5.32 Å². The van der Waals surface area contributed by atoms with Gasteiger partial charge in [-0.2, -0.15) is 11.8 Å². The Kier molecular flexibility index (Phi) is 6.26. The van der Waals surface area contributed by atoms with Crippen LogP contribution in [0.1, 0.15) is 34.4 Å². The Hall–Kier alpha value is -2.74. The van der Waals surface area contributed by atoms with Crippen molar-refractivity contribution in [1.29, 1.82) is 0 Å². The Morgan fingerprint density at radius 2 is 1.70 bits per heavy atom. The van der Waals surface area contributed by atoms with Crippen molar-refractivity contribution < 1.29 is 23.5 Å². The van der Waals surface area contributed by atoms with Crippen LogP contribution in [0.5, 0.6) is 0 Å². The number of benzene rings is 1. The van der Waals surface area contributed by atoms with Gasteiger partial charge in [-0.3, -0.25) is 4.79 Å². The summed E-state index contributed by atoms with van der Waals surface area (Å²) in [5.41, 5.74) is 3.14. The van der Waals surface area contributed by atoms with Gasteiger partial charge in [-0.1, -0.05) is 0 Å². The summed E-state index contributed by atoms with van der Waals surface area (Å²) in [7, 11) is 0. The van der Waals surface area contributed by atoms with Gasteiger partial charge in [0.2, 0.25) is 5.91 Å². The van der Waals surface area contributed by atoms with E-state index in [1.54, 1.807) is 6.92 Å². The first-order valence-electron chi connectivity index (χ1n) is 9.62. The molecule has 0 bridgehead atoms. The zero-order valence-corrected chi connectivity index (χ0v) is 18.5. The predicted molar refractivity (Wildman–Crippen MR) is 117 cm³/mol. The van der Waals surface area contributed by atoms with E-state index < -0.39 is 23.5 Å². The highest BCUT2D eigenvalue weighted by molar-refractivity contribution is 7.98. The second-order valence-corrected chi connectivity index (χ2v) is 8.43.